The third-order valence-electron chi connectivity index (χ3n) is 6.80. The standard InChI is InChI=1S/C16H24F3NO4/c1-8-4-5-11-9(2)15(20,16(17,18)19)22-12-14(11)10(8)6-7-13(3,21-12)23-24-14/h8-12H,4-7,20H2,1-3H3/t8-,9-,10+,11+,12+,13+,14?,15-/m1/s1. The third-order valence-corrected chi connectivity index (χ3v) is 6.80. The van der Waals surface area contributed by atoms with Crippen LogP contribution in [-0.2, 0) is 19.2 Å². The Morgan fingerprint density at radius 3 is 2.38 bits per heavy atom. The van der Waals surface area contributed by atoms with Crippen molar-refractivity contribution in [3.63, 3.8) is 0 Å². The van der Waals surface area contributed by atoms with Crippen molar-refractivity contribution in [2.45, 2.75) is 76.0 Å². The van der Waals surface area contributed by atoms with Crippen molar-refractivity contribution in [2.75, 3.05) is 0 Å². The lowest BCUT2D eigenvalue weighted by atomic mass is 9.56. The fourth-order valence-corrected chi connectivity index (χ4v) is 5.29. The van der Waals surface area contributed by atoms with Gasteiger partial charge in [0.15, 0.2) is 11.9 Å². The fraction of sp³-hybridized carbons (Fsp3) is 1.00. The van der Waals surface area contributed by atoms with Gasteiger partial charge in [0.1, 0.15) is 0 Å². The largest absolute Gasteiger partial charge is 0.431 e. The van der Waals surface area contributed by atoms with Gasteiger partial charge in [-0.15, -0.1) is 0 Å². The van der Waals surface area contributed by atoms with Crippen LogP contribution in [0.15, 0.2) is 0 Å². The number of hydrogen-bond donors (Lipinski definition) is 1. The highest BCUT2D eigenvalue weighted by Gasteiger charge is 2.75. The molecule has 5 aliphatic rings. The molecule has 1 aliphatic carbocycles. The second-order valence-corrected chi connectivity index (χ2v) is 8.11. The molecule has 0 aromatic heterocycles. The summed E-state index contributed by atoms with van der Waals surface area (Å²) in [6, 6.07) is 0. The molecule has 5 fully saturated rings. The van der Waals surface area contributed by atoms with E-state index >= 15 is 0 Å². The molecule has 24 heavy (non-hydrogen) atoms. The summed E-state index contributed by atoms with van der Waals surface area (Å²) in [6.07, 6.45) is -3.14. The van der Waals surface area contributed by atoms with Gasteiger partial charge in [0.2, 0.25) is 11.5 Å². The topological polar surface area (TPSA) is 62.9 Å². The maximum absolute atomic E-state index is 13.7. The fourth-order valence-electron chi connectivity index (χ4n) is 5.29. The van der Waals surface area contributed by atoms with E-state index in [-0.39, 0.29) is 5.92 Å². The first-order valence-corrected chi connectivity index (χ1v) is 8.61. The maximum atomic E-state index is 13.7. The van der Waals surface area contributed by atoms with E-state index in [1.807, 2.05) is 0 Å². The minimum absolute atomic E-state index is 0.0193. The highest BCUT2D eigenvalue weighted by atomic mass is 19.4. The van der Waals surface area contributed by atoms with E-state index in [2.05, 4.69) is 6.92 Å². The molecule has 0 aromatic carbocycles. The van der Waals surface area contributed by atoms with E-state index in [4.69, 9.17) is 25.0 Å². The zero-order valence-electron chi connectivity index (χ0n) is 14.1. The summed E-state index contributed by atoms with van der Waals surface area (Å²) in [5.74, 6) is -2.19. The maximum Gasteiger partial charge on any atom is 0.431 e. The second-order valence-electron chi connectivity index (χ2n) is 8.11. The molecule has 8 atom stereocenters. The highest BCUT2D eigenvalue weighted by Crippen LogP contribution is 2.63. The molecule has 2 N–H and O–H groups in total. The Morgan fingerprint density at radius 2 is 1.71 bits per heavy atom. The quantitative estimate of drug-likeness (QED) is 0.680. The van der Waals surface area contributed by atoms with Gasteiger partial charge >= 0.3 is 6.18 Å². The van der Waals surface area contributed by atoms with Crippen molar-refractivity contribution >= 4 is 0 Å². The number of fused-ring (bicyclic) bond motifs is 2. The van der Waals surface area contributed by atoms with Crippen LogP contribution in [0.1, 0.15) is 46.5 Å². The number of rotatable bonds is 0. The minimum Gasteiger partial charge on any atom is -0.319 e. The van der Waals surface area contributed by atoms with Crippen LogP contribution in [0.2, 0.25) is 0 Å². The van der Waals surface area contributed by atoms with Crippen molar-refractivity contribution in [3.8, 4) is 0 Å². The van der Waals surface area contributed by atoms with Crippen molar-refractivity contribution in [1.29, 1.82) is 0 Å². The molecule has 138 valence electrons. The number of alkyl halides is 3. The van der Waals surface area contributed by atoms with Crippen LogP contribution >= 0.6 is 0 Å². The molecular formula is C16H24F3NO4. The van der Waals surface area contributed by atoms with E-state index in [9.17, 15) is 13.2 Å². The van der Waals surface area contributed by atoms with Crippen LogP contribution < -0.4 is 5.73 Å². The molecular weight excluding hydrogens is 327 g/mol. The zero-order chi connectivity index (χ0) is 17.5. The van der Waals surface area contributed by atoms with Crippen molar-refractivity contribution in [3.05, 3.63) is 0 Å². The summed E-state index contributed by atoms with van der Waals surface area (Å²) in [6.45, 7) is 5.28. The minimum atomic E-state index is -4.69. The summed E-state index contributed by atoms with van der Waals surface area (Å²) in [4.78, 5) is 11.3. The summed E-state index contributed by atoms with van der Waals surface area (Å²) >= 11 is 0. The Kier molecular flexibility index (Phi) is 3.44. The molecule has 4 heterocycles. The molecule has 4 aliphatic heterocycles. The van der Waals surface area contributed by atoms with Gasteiger partial charge in [0, 0.05) is 18.3 Å². The molecule has 4 saturated heterocycles. The van der Waals surface area contributed by atoms with Gasteiger partial charge in [-0.05, 0) is 38.0 Å². The lowest BCUT2D eigenvalue weighted by molar-refractivity contribution is -0.583. The Bertz CT molecular complexity index is 546. The summed E-state index contributed by atoms with van der Waals surface area (Å²) in [7, 11) is 0. The van der Waals surface area contributed by atoms with Gasteiger partial charge < -0.3 is 9.47 Å². The summed E-state index contributed by atoms with van der Waals surface area (Å²) in [5.41, 5.74) is 1.98. The SMILES string of the molecule is C[C@@H]1CC[C@H]2[C@@H](C)[C@](N)(C(F)(F)F)O[C@@H]3O[C@]4(C)CC[C@@H]1C32OO4. The Balaban J connectivity index is 1.84. The van der Waals surface area contributed by atoms with Crippen LogP contribution in [0.3, 0.4) is 0 Å². The van der Waals surface area contributed by atoms with Crippen molar-refractivity contribution in [2.24, 2.45) is 29.4 Å². The second kappa shape index (κ2) is 4.85. The van der Waals surface area contributed by atoms with Crippen molar-refractivity contribution < 1.29 is 32.4 Å². The predicted octanol–water partition coefficient (Wildman–Crippen LogP) is 3.09. The van der Waals surface area contributed by atoms with Gasteiger partial charge in [-0.3, -0.25) is 5.73 Å². The highest BCUT2D eigenvalue weighted by molar-refractivity contribution is 5.13. The van der Waals surface area contributed by atoms with E-state index in [1.54, 1.807) is 6.92 Å². The van der Waals surface area contributed by atoms with Crippen molar-refractivity contribution in [1.82, 2.24) is 0 Å². The molecule has 5 nitrogen and oxygen atoms in total. The molecule has 1 unspecified atom stereocenters. The molecule has 0 radical (unpaired) electrons. The van der Waals surface area contributed by atoms with Gasteiger partial charge in [-0.2, -0.15) is 13.2 Å². The number of nitrogens with two attached hydrogens (primary N) is 1. The predicted molar refractivity (Wildman–Crippen MR) is 76.0 cm³/mol. The first-order chi connectivity index (χ1) is 11.0. The first-order valence-electron chi connectivity index (χ1n) is 8.61. The van der Waals surface area contributed by atoms with Crippen LogP contribution in [0.5, 0.6) is 0 Å². The summed E-state index contributed by atoms with van der Waals surface area (Å²) in [5, 5.41) is 0. The average Bonchev–Trinajstić information content (AvgIpc) is 2.70. The van der Waals surface area contributed by atoms with E-state index in [0.717, 1.165) is 12.8 Å². The molecule has 1 saturated carbocycles. The summed E-state index contributed by atoms with van der Waals surface area (Å²) < 4.78 is 52.4. The van der Waals surface area contributed by atoms with Gasteiger partial charge in [0.05, 0.1) is 0 Å². The molecule has 2 bridgehead atoms. The van der Waals surface area contributed by atoms with E-state index in [1.165, 1.54) is 6.92 Å². The number of hydrogen-bond acceptors (Lipinski definition) is 5. The monoisotopic (exact) mass is 351 g/mol. The Labute approximate surface area is 138 Å². The lowest BCUT2D eigenvalue weighted by Crippen LogP contribution is -2.77. The molecule has 1 spiro atoms. The van der Waals surface area contributed by atoms with Crippen LogP contribution in [0.25, 0.3) is 0 Å². The Morgan fingerprint density at radius 1 is 1.00 bits per heavy atom. The van der Waals surface area contributed by atoms with Gasteiger partial charge in [-0.1, -0.05) is 13.8 Å². The van der Waals surface area contributed by atoms with E-state index < -0.39 is 41.4 Å². The molecule has 8 heteroatoms. The average molecular weight is 351 g/mol. The molecule has 5 rings (SSSR count). The van der Waals surface area contributed by atoms with Crippen LogP contribution in [-0.4, -0.2) is 29.6 Å². The normalized spacial score (nSPS) is 57.4. The van der Waals surface area contributed by atoms with Crippen LogP contribution in [0.4, 0.5) is 13.2 Å². The van der Waals surface area contributed by atoms with E-state index in [0.29, 0.717) is 18.8 Å². The number of halogens is 3. The van der Waals surface area contributed by atoms with Gasteiger partial charge in [0.25, 0.3) is 0 Å². The molecule has 0 amide bonds. The van der Waals surface area contributed by atoms with Crippen LogP contribution in [0, 0.1) is 23.7 Å². The smallest absolute Gasteiger partial charge is 0.319 e. The zero-order valence-corrected chi connectivity index (χ0v) is 14.1. The Hall–Kier alpha value is -0.410. The first kappa shape index (κ1) is 17.0. The van der Waals surface area contributed by atoms with Gasteiger partial charge in [-0.25, -0.2) is 9.78 Å². The lowest BCUT2D eigenvalue weighted by Gasteiger charge is -2.62. The third kappa shape index (κ3) is 1.95. The molecule has 0 aromatic rings. The number of ether oxygens (including phenoxy) is 2.